The lowest BCUT2D eigenvalue weighted by Gasteiger charge is -2.08. The highest BCUT2D eigenvalue weighted by molar-refractivity contribution is 7.84. The molecule has 5 nitrogen and oxygen atoms in total. The lowest BCUT2D eigenvalue weighted by atomic mass is 10.2. The van der Waals surface area contributed by atoms with Crippen LogP contribution in [0.15, 0.2) is 63.9 Å². The predicted molar refractivity (Wildman–Crippen MR) is 92.0 cm³/mol. The van der Waals surface area contributed by atoms with Crippen molar-refractivity contribution in [1.29, 1.82) is 0 Å². The zero-order valence-electron chi connectivity index (χ0n) is 12.4. The normalized spacial score (nSPS) is 15.0. The van der Waals surface area contributed by atoms with Gasteiger partial charge in [-0.25, -0.2) is 4.21 Å². The highest BCUT2D eigenvalue weighted by Gasteiger charge is 2.21. The number of carbonyl (C=O) groups is 1. The second kappa shape index (κ2) is 7.51. The van der Waals surface area contributed by atoms with Gasteiger partial charge in [-0.05, 0) is 24.3 Å². The van der Waals surface area contributed by atoms with Gasteiger partial charge in [-0.1, -0.05) is 44.2 Å². The molecule has 2 aromatic carbocycles. The molecule has 6 heteroatoms. The summed E-state index contributed by atoms with van der Waals surface area (Å²) >= 11 is 0. The summed E-state index contributed by atoms with van der Waals surface area (Å²) in [5, 5.41) is 0. The summed E-state index contributed by atoms with van der Waals surface area (Å²) in [5.41, 5.74) is 6.54. The van der Waals surface area contributed by atoms with Crippen LogP contribution in [-0.2, 0) is 11.0 Å². The van der Waals surface area contributed by atoms with Gasteiger partial charge in [-0.15, -0.1) is 0 Å². The van der Waals surface area contributed by atoms with Crippen molar-refractivity contribution in [2.45, 2.75) is 18.7 Å². The standard InChI is InChI=1S/C14H11N3O2S.C2H6.2H2/c18-14(10-6-2-1-3-7-10)16-15-13-11-8-4-5-9-12(11)20(19)17-13;1-2;;/h1-9H,(H,15,17)(H,16,18);1-2H3;2*1H. The summed E-state index contributed by atoms with van der Waals surface area (Å²) in [6, 6.07) is 16.0. The van der Waals surface area contributed by atoms with E-state index >= 15 is 0 Å². The molecule has 2 aromatic rings. The van der Waals surface area contributed by atoms with E-state index in [1.807, 2.05) is 26.0 Å². The molecular formula is C16H21N3O2S. The van der Waals surface area contributed by atoms with Crippen LogP contribution in [0.1, 0.15) is 32.6 Å². The zero-order chi connectivity index (χ0) is 15.9. The first kappa shape index (κ1) is 15.9. The van der Waals surface area contributed by atoms with Crippen LogP contribution in [0.5, 0.6) is 0 Å². The first-order valence-corrected chi connectivity index (χ1v) is 8.08. The number of hydrogen-bond acceptors (Lipinski definition) is 3. The molecule has 0 radical (unpaired) electrons. The average Bonchev–Trinajstić information content (AvgIpc) is 2.92. The predicted octanol–water partition coefficient (Wildman–Crippen LogP) is 2.92. The second-order valence-corrected chi connectivity index (χ2v) is 5.25. The van der Waals surface area contributed by atoms with Crippen LogP contribution < -0.4 is 10.9 Å². The third-order valence-electron chi connectivity index (χ3n) is 2.83. The molecule has 0 spiro atoms. The molecule has 118 valence electrons. The molecule has 0 saturated heterocycles. The smallest absolute Gasteiger partial charge is 0.269 e. The quantitative estimate of drug-likeness (QED) is 0.794. The van der Waals surface area contributed by atoms with Crippen molar-refractivity contribution >= 4 is 22.7 Å². The van der Waals surface area contributed by atoms with E-state index in [0.717, 1.165) is 5.56 Å². The van der Waals surface area contributed by atoms with Crippen molar-refractivity contribution in [2.24, 2.45) is 4.40 Å². The Morgan fingerprint density at radius 3 is 2.41 bits per heavy atom. The van der Waals surface area contributed by atoms with E-state index in [-0.39, 0.29) is 8.76 Å². The SMILES string of the molecule is CC.O=C(NNC1=NS(=O)c2ccccc21)c1ccccc1.[HH].[HH]. The molecule has 22 heavy (non-hydrogen) atoms. The Balaban J connectivity index is 0.00000128. The molecule has 0 saturated carbocycles. The fraction of sp³-hybridized carbons (Fsp3) is 0.125. The molecule has 1 atom stereocenters. The minimum Gasteiger partial charge on any atom is -0.280 e. The van der Waals surface area contributed by atoms with Crippen LogP contribution >= 0.6 is 0 Å². The Hall–Kier alpha value is -2.47. The fourth-order valence-corrected chi connectivity index (χ4v) is 2.82. The Morgan fingerprint density at radius 2 is 1.68 bits per heavy atom. The summed E-state index contributed by atoms with van der Waals surface area (Å²) in [4.78, 5) is 12.5. The van der Waals surface area contributed by atoms with E-state index in [1.54, 1.807) is 42.5 Å². The molecule has 1 aliphatic heterocycles. The maximum absolute atomic E-state index is 11.9. The number of fused-ring (bicyclic) bond motifs is 1. The molecule has 3 rings (SSSR count). The van der Waals surface area contributed by atoms with E-state index in [1.165, 1.54) is 0 Å². The van der Waals surface area contributed by atoms with Gasteiger partial charge in [0.25, 0.3) is 5.91 Å². The number of hydrogen-bond donors (Lipinski definition) is 2. The lowest BCUT2D eigenvalue weighted by molar-refractivity contribution is 0.0944. The number of amidine groups is 1. The van der Waals surface area contributed by atoms with Gasteiger partial charge in [0, 0.05) is 14.0 Å². The van der Waals surface area contributed by atoms with Gasteiger partial charge in [-0.2, -0.15) is 4.40 Å². The van der Waals surface area contributed by atoms with Gasteiger partial charge >= 0.3 is 0 Å². The van der Waals surface area contributed by atoms with Gasteiger partial charge in [0.2, 0.25) is 0 Å². The van der Waals surface area contributed by atoms with Crippen LogP contribution in [-0.4, -0.2) is 16.0 Å². The molecule has 2 N–H and O–H groups in total. The zero-order valence-corrected chi connectivity index (χ0v) is 13.2. The maximum Gasteiger partial charge on any atom is 0.269 e. The van der Waals surface area contributed by atoms with Gasteiger partial charge in [-0.3, -0.25) is 15.6 Å². The highest BCUT2D eigenvalue weighted by Crippen LogP contribution is 2.21. The Bertz CT molecular complexity index is 724. The summed E-state index contributed by atoms with van der Waals surface area (Å²) < 4.78 is 15.7. The largest absolute Gasteiger partial charge is 0.280 e. The van der Waals surface area contributed by atoms with Gasteiger partial charge in [0.15, 0.2) is 16.8 Å². The monoisotopic (exact) mass is 319 g/mol. The minimum atomic E-state index is -1.41. The molecule has 0 aromatic heterocycles. The topological polar surface area (TPSA) is 70.6 Å². The van der Waals surface area contributed by atoms with Crippen LogP contribution in [0, 0.1) is 0 Å². The summed E-state index contributed by atoms with van der Waals surface area (Å²) in [7, 11) is -1.41. The van der Waals surface area contributed by atoms with E-state index in [2.05, 4.69) is 15.2 Å². The van der Waals surface area contributed by atoms with Crippen molar-refractivity contribution in [2.75, 3.05) is 0 Å². The van der Waals surface area contributed by atoms with Gasteiger partial charge < -0.3 is 0 Å². The number of hydrazine groups is 1. The number of nitrogens with one attached hydrogen (secondary N) is 2. The number of nitrogens with zero attached hydrogens (tertiary/aromatic N) is 1. The third-order valence-corrected chi connectivity index (χ3v) is 3.92. The van der Waals surface area contributed by atoms with Crippen molar-refractivity contribution in [1.82, 2.24) is 10.9 Å². The highest BCUT2D eigenvalue weighted by atomic mass is 32.2. The maximum atomic E-state index is 11.9. The van der Waals surface area contributed by atoms with E-state index in [0.29, 0.717) is 16.3 Å². The molecule has 0 aliphatic carbocycles. The van der Waals surface area contributed by atoms with Gasteiger partial charge in [0.05, 0.1) is 4.90 Å². The fourth-order valence-electron chi connectivity index (χ4n) is 1.86. The van der Waals surface area contributed by atoms with E-state index in [4.69, 9.17) is 0 Å². The number of carbonyl (C=O) groups excluding carboxylic acids is 1. The Morgan fingerprint density at radius 1 is 1.05 bits per heavy atom. The summed E-state index contributed by atoms with van der Waals surface area (Å²) in [6.45, 7) is 4.00. The molecule has 0 bridgehead atoms. The molecular weight excluding hydrogens is 298 g/mol. The van der Waals surface area contributed by atoms with Crippen LogP contribution in [0.2, 0.25) is 0 Å². The Kier molecular flexibility index (Phi) is 5.43. The van der Waals surface area contributed by atoms with Crippen LogP contribution in [0.25, 0.3) is 0 Å². The van der Waals surface area contributed by atoms with Crippen molar-refractivity contribution in [3.8, 4) is 0 Å². The van der Waals surface area contributed by atoms with E-state index in [9.17, 15) is 9.00 Å². The first-order valence-electron chi connectivity index (χ1n) is 6.97. The van der Waals surface area contributed by atoms with Crippen LogP contribution in [0.4, 0.5) is 0 Å². The first-order chi connectivity index (χ1) is 10.8. The molecule has 0 fully saturated rings. The molecule has 1 unspecified atom stereocenters. The van der Waals surface area contributed by atoms with Crippen molar-refractivity contribution < 1.29 is 11.9 Å². The van der Waals surface area contributed by atoms with Crippen molar-refractivity contribution in [3.63, 3.8) is 0 Å². The third kappa shape index (κ3) is 3.40. The minimum absolute atomic E-state index is 0. The molecule has 1 aliphatic rings. The molecule has 1 heterocycles. The number of rotatable bonds is 1. The van der Waals surface area contributed by atoms with Gasteiger partial charge in [0.1, 0.15) is 0 Å². The Labute approximate surface area is 135 Å². The lowest BCUT2D eigenvalue weighted by Crippen LogP contribution is -2.41. The number of amides is 1. The molecule has 1 amide bonds. The summed E-state index contributed by atoms with van der Waals surface area (Å²) in [5.74, 6) is 0.131. The average molecular weight is 319 g/mol. The van der Waals surface area contributed by atoms with Crippen LogP contribution in [0.3, 0.4) is 0 Å². The van der Waals surface area contributed by atoms with E-state index < -0.39 is 11.0 Å². The van der Waals surface area contributed by atoms with Crippen molar-refractivity contribution in [3.05, 3.63) is 65.7 Å². The number of benzene rings is 2. The second-order valence-electron chi connectivity index (χ2n) is 4.13. The summed E-state index contributed by atoms with van der Waals surface area (Å²) in [6.07, 6.45) is 0.